The van der Waals surface area contributed by atoms with Crippen LogP contribution in [0, 0.1) is 17.8 Å². The lowest BCUT2D eigenvalue weighted by molar-refractivity contribution is -0.142. The van der Waals surface area contributed by atoms with Crippen molar-refractivity contribution in [2.75, 3.05) is 20.3 Å². The van der Waals surface area contributed by atoms with Crippen molar-refractivity contribution in [2.45, 2.75) is 132 Å². The van der Waals surface area contributed by atoms with Gasteiger partial charge in [0.2, 0.25) is 27.7 Å². The number of fused-ring (bicyclic) bond motifs is 4. The average Bonchev–Trinajstić information content (AvgIpc) is 3.99. The summed E-state index contributed by atoms with van der Waals surface area (Å²) in [7, 11) is -2.28. The van der Waals surface area contributed by atoms with Crippen molar-refractivity contribution in [3.63, 3.8) is 0 Å². The maximum atomic E-state index is 14.9. The van der Waals surface area contributed by atoms with Crippen molar-refractivity contribution >= 4 is 44.7 Å². The largest absolute Gasteiger partial charge is 0.496 e. The van der Waals surface area contributed by atoms with Gasteiger partial charge in [-0.15, -0.1) is 6.58 Å². The van der Waals surface area contributed by atoms with Crippen molar-refractivity contribution in [3.05, 3.63) is 36.4 Å². The number of pyridine rings is 1. The summed E-state index contributed by atoms with van der Waals surface area (Å²) >= 11 is 0. The highest BCUT2D eigenvalue weighted by molar-refractivity contribution is 7.91. The molecule has 0 unspecified atom stereocenters. The normalized spacial score (nSPS) is 30.3. The maximum absolute atomic E-state index is 14.9. The highest BCUT2D eigenvalue weighted by Crippen LogP contribution is 2.46. The second kappa shape index (κ2) is 16.2. The number of hydrogen-bond donors (Lipinski definition) is 3. The van der Waals surface area contributed by atoms with Crippen LogP contribution in [0.5, 0.6) is 17.4 Å². The third kappa shape index (κ3) is 8.04. The average molecular weight is 822 g/mol. The van der Waals surface area contributed by atoms with Crippen molar-refractivity contribution in [3.8, 4) is 17.4 Å². The number of sulfonamides is 1. The number of aryl methyl sites for hydroxylation is 1. The summed E-state index contributed by atoms with van der Waals surface area (Å²) in [5, 5.41) is 5.90. The zero-order chi connectivity index (χ0) is 40.8. The van der Waals surface area contributed by atoms with Gasteiger partial charge in [0.1, 0.15) is 41.3 Å². The fourth-order valence-corrected chi connectivity index (χ4v) is 11.1. The van der Waals surface area contributed by atoms with Gasteiger partial charge < -0.3 is 34.5 Å². The molecule has 2 aliphatic heterocycles. The minimum atomic E-state index is -3.90. The molecule has 16 heteroatoms. The first-order valence-corrected chi connectivity index (χ1v) is 22.6. The van der Waals surface area contributed by atoms with Gasteiger partial charge in [-0.25, -0.2) is 18.2 Å². The number of rotatable bonds is 10. The van der Waals surface area contributed by atoms with Crippen LogP contribution >= 0.6 is 0 Å². The predicted molar refractivity (Wildman–Crippen MR) is 213 cm³/mol. The van der Waals surface area contributed by atoms with E-state index in [2.05, 4.69) is 21.9 Å². The number of ether oxygens (including phenoxy) is 4. The lowest BCUT2D eigenvalue weighted by Gasteiger charge is -2.32. The lowest BCUT2D eigenvalue weighted by atomic mass is 9.95. The number of amides is 4. The fraction of sp³-hybridized carbons (Fsp3) is 0.643. The van der Waals surface area contributed by atoms with Crippen molar-refractivity contribution in [1.29, 1.82) is 0 Å². The molecule has 0 spiro atoms. The Morgan fingerprint density at radius 3 is 2.50 bits per heavy atom. The predicted octanol–water partition coefficient (Wildman–Crippen LogP) is 4.45. The van der Waals surface area contributed by atoms with Crippen LogP contribution in [0.25, 0.3) is 10.9 Å². The molecule has 3 N–H and O–H groups in total. The standard InChI is InChI=1S/C42H55N5O10S/c1-4-27-22-42(27,40(50)46-58(52,53)29-16-17-29)45-38(48)32-19-28-23-47(32)39(49)37(25-10-6-7-11-25)44-41(51)57-33-15-9-13-24(33)12-8-14-26-18-30-31(20-34(26)54-3)43-36(55-5-2)21-35(30)56-28/h4,18,20-21,24-25,27-29,32-33,37H,1,5-17,19,22-23H2,2-3H3,(H,44,51)(H,45,48)(H,46,50)/t24-,27-,28-,32+,33-,37+,42-/m1/s1. The Morgan fingerprint density at radius 1 is 1.03 bits per heavy atom. The molecule has 1 saturated heterocycles. The molecule has 4 amide bonds. The van der Waals surface area contributed by atoms with Crippen LogP contribution in [-0.4, -0.2) is 97.5 Å². The van der Waals surface area contributed by atoms with Crippen LogP contribution in [0.1, 0.15) is 96.0 Å². The highest BCUT2D eigenvalue weighted by atomic mass is 32.2. The molecule has 1 aromatic heterocycles. The quantitative estimate of drug-likeness (QED) is 0.287. The van der Waals surface area contributed by atoms with Crippen LogP contribution in [0.2, 0.25) is 0 Å². The first-order chi connectivity index (χ1) is 27.9. The number of aromatic nitrogens is 1. The lowest BCUT2D eigenvalue weighted by Crippen LogP contribution is -2.59. The Labute approximate surface area is 339 Å². The van der Waals surface area contributed by atoms with E-state index < -0.39 is 68.7 Å². The summed E-state index contributed by atoms with van der Waals surface area (Å²) in [6.07, 6.45) is 9.30. The molecule has 2 aromatic rings. The molecule has 6 aliphatic rings. The second-order valence-electron chi connectivity index (χ2n) is 16.9. The molecular formula is C42H55N5O10S. The van der Waals surface area contributed by atoms with Gasteiger partial charge in [-0.1, -0.05) is 18.9 Å². The van der Waals surface area contributed by atoms with Crippen molar-refractivity contribution < 1.29 is 46.5 Å². The zero-order valence-electron chi connectivity index (χ0n) is 33.3. The van der Waals surface area contributed by atoms with Gasteiger partial charge in [0.25, 0.3) is 5.91 Å². The third-order valence-corrected chi connectivity index (χ3v) is 14.9. The van der Waals surface area contributed by atoms with E-state index in [1.165, 1.54) is 11.0 Å². The molecule has 4 saturated carbocycles. The molecule has 1 aromatic carbocycles. The smallest absolute Gasteiger partial charge is 0.408 e. The third-order valence-electron chi connectivity index (χ3n) is 13.1. The number of hydrogen-bond acceptors (Lipinski definition) is 11. The maximum Gasteiger partial charge on any atom is 0.408 e. The van der Waals surface area contributed by atoms with Crippen molar-refractivity contribution in [2.24, 2.45) is 17.8 Å². The summed E-state index contributed by atoms with van der Waals surface area (Å²) in [5.74, 6) is -0.908. The van der Waals surface area contributed by atoms with Crippen LogP contribution in [0.4, 0.5) is 4.79 Å². The number of methoxy groups -OCH3 is 1. The molecule has 4 aliphatic carbocycles. The van der Waals surface area contributed by atoms with Crippen LogP contribution in [0.15, 0.2) is 30.9 Å². The molecule has 7 atom stereocenters. The summed E-state index contributed by atoms with van der Waals surface area (Å²) < 4.78 is 52.4. The molecule has 58 heavy (non-hydrogen) atoms. The number of nitrogens with one attached hydrogen (secondary N) is 3. The van der Waals surface area contributed by atoms with E-state index in [1.807, 2.05) is 19.1 Å². The number of carbonyl (C=O) groups is 4. The van der Waals surface area contributed by atoms with Gasteiger partial charge in [0, 0.05) is 29.9 Å². The molecule has 3 heterocycles. The summed E-state index contributed by atoms with van der Waals surface area (Å²) in [6, 6.07) is 3.54. The fourth-order valence-electron chi connectivity index (χ4n) is 9.71. The van der Waals surface area contributed by atoms with Gasteiger partial charge in [0.15, 0.2) is 0 Å². The Morgan fingerprint density at radius 2 is 1.79 bits per heavy atom. The molecule has 15 nitrogen and oxygen atoms in total. The SMILES string of the molecule is C=C[C@@H]1C[C@]1(NC(=O)[C@@H]1C[C@@H]2CN1C(=O)[C@H](C1CCCC1)NC(=O)O[C@@H]1CCC[C@H]1CCCc1cc3c(cc(OCC)nc3cc1OC)O2)C(=O)NS(=O)(=O)C1CC1. The van der Waals surface area contributed by atoms with Gasteiger partial charge >= 0.3 is 6.09 Å². The topological polar surface area (TPSA) is 192 Å². The first kappa shape index (κ1) is 40.2. The van der Waals surface area contributed by atoms with E-state index in [9.17, 15) is 27.6 Å². The minimum absolute atomic E-state index is 0.00148. The number of benzene rings is 1. The first-order valence-electron chi connectivity index (χ1n) is 21.0. The van der Waals surface area contributed by atoms with E-state index in [4.69, 9.17) is 23.9 Å². The van der Waals surface area contributed by atoms with E-state index in [1.54, 1.807) is 13.2 Å². The highest BCUT2D eigenvalue weighted by Gasteiger charge is 2.62. The molecule has 8 rings (SSSR count). The van der Waals surface area contributed by atoms with Crippen molar-refractivity contribution in [1.82, 2.24) is 25.2 Å². The van der Waals surface area contributed by atoms with Crippen LogP contribution < -0.4 is 29.6 Å². The van der Waals surface area contributed by atoms with Gasteiger partial charge in [-0.2, -0.15) is 0 Å². The number of carbonyl (C=O) groups excluding carboxylic acids is 4. The summed E-state index contributed by atoms with van der Waals surface area (Å²) in [4.78, 5) is 63.0. The summed E-state index contributed by atoms with van der Waals surface area (Å²) in [6.45, 7) is 6.04. The minimum Gasteiger partial charge on any atom is -0.496 e. The molecular weight excluding hydrogens is 767 g/mol. The number of alkyl carbamates (subject to hydrolysis) is 1. The Hall–Kier alpha value is -4.60. The Balaban J connectivity index is 1.16. The van der Waals surface area contributed by atoms with Gasteiger partial charge in [0.05, 0.1) is 31.0 Å². The van der Waals surface area contributed by atoms with E-state index in [0.29, 0.717) is 48.8 Å². The molecule has 4 bridgehead atoms. The van der Waals surface area contributed by atoms with Gasteiger partial charge in [-0.3, -0.25) is 19.1 Å². The van der Waals surface area contributed by atoms with E-state index in [-0.39, 0.29) is 37.3 Å². The van der Waals surface area contributed by atoms with Gasteiger partial charge in [-0.05, 0) is 101 Å². The monoisotopic (exact) mass is 821 g/mol. The zero-order valence-corrected chi connectivity index (χ0v) is 34.2. The van der Waals surface area contributed by atoms with Crippen LogP contribution in [0.3, 0.4) is 0 Å². The Bertz CT molecular complexity index is 2070. The molecule has 5 fully saturated rings. The summed E-state index contributed by atoms with van der Waals surface area (Å²) in [5.41, 5.74) is 0.0190. The van der Waals surface area contributed by atoms with E-state index in [0.717, 1.165) is 68.7 Å². The van der Waals surface area contributed by atoms with E-state index >= 15 is 0 Å². The molecule has 314 valence electrons. The Kier molecular flexibility index (Phi) is 11.2. The molecule has 0 radical (unpaired) electrons. The number of nitrogens with zero attached hydrogens (tertiary/aromatic N) is 2. The van der Waals surface area contributed by atoms with Crippen LogP contribution in [-0.2, 0) is 35.6 Å². The second-order valence-corrected chi connectivity index (χ2v) is 18.9.